The van der Waals surface area contributed by atoms with Gasteiger partial charge in [-0.05, 0) is 36.6 Å². The van der Waals surface area contributed by atoms with Crippen molar-refractivity contribution in [3.63, 3.8) is 0 Å². The van der Waals surface area contributed by atoms with Gasteiger partial charge in [-0.2, -0.15) is 0 Å². The van der Waals surface area contributed by atoms with Crippen LogP contribution in [0.5, 0.6) is 0 Å². The quantitative estimate of drug-likeness (QED) is 0.843. The summed E-state index contributed by atoms with van der Waals surface area (Å²) in [5, 5.41) is 10.1. The first-order valence-electron chi connectivity index (χ1n) is 6.87. The number of hydrogen-bond acceptors (Lipinski definition) is 3. The predicted octanol–water partition coefficient (Wildman–Crippen LogP) is 3.53. The van der Waals surface area contributed by atoms with Crippen molar-refractivity contribution in [2.45, 2.75) is 52.9 Å². The Morgan fingerprint density at radius 1 is 1.40 bits per heavy atom. The second-order valence-corrected chi connectivity index (χ2v) is 6.49. The third-order valence-corrected chi connectivity index (χ3v) is 3.65. The number of ether oxygens (including phenoxy) is 1. The van der Waals surface area contributed by atoms with Gasteiger partial charge in [0.1, 0.15) is 5.82 Å². The number of aliphatic hydroxyl groups excluding tert-OH is 1. The van der Waals surface area contributed by atoms with Crippen LogP contribution in [0.1, 0.15) is 61.2 Å². The fourth-order valence-electron chi connectivity index (χ4n) is 2.26. The highest BCUT2D eigenvalue weighted by Crippen LogP contribution is 2.36. The molecule has 0 heterocycles. The first-order chi connectivity index (χ1) is 9.20. The normalized spacial score (nSPS) is 20.7. The van der Waals surface area contributed by atoms with Gasteiger partial charge in [0, 0.05) is 17.4 Å². The molecule has 2 atom stereocenters. The molecule has 0 aromatic heterocycles. The molecule has 0 saturated carbocycles. The van der Waals surface area contributed by atoms with Crippen LogP contribution in [0, 0.1) is 18.2 Å². The molecule has 2 unspecified atom stereocenters. The van der Waals surface area contributed by atoms with Gasteiger partial charge in [-0.25, -0.2) is 4.39 Å². The molecule has 2 rings (SSSR count). The Morgan fingerprint density at radius 3 is 2.65 bits per heavy atom. The van der Waals surface area contributed by atoms with E-state index in [1.54, 1.807) is 13.0 Å². The van der Waals surface area contributed by atoms with Crippen LogP contribution >= 0.6 is 0 Å². The maximum atomic E-state index is 13.7. The summed E-state index contributed by atoms with van der Waals surface area (Å²) in [7, 11) is 0. The van der Waals surface area contributed by atoms with Crippen LogP contribution in [-0.4, -0.2) is 17.2 Å². The monoisotopic (exact) mass is 280 g/mol. The third-order valence-electron chi connectivity index (χ3n) is 3.65. The van der Waals surface area contributed by atoms with E-state index in [0.29, 0.717) is 29.5 Å². The molecule has 0 saturated heterocycles. The molecule has 1 aromatic rings. The molecule has 0 aliphatic heterocycles. The zero-order valence-corrected chi connectivity index (χ0v) is 12.4. The highest BCUT2D eigenvalue weighted by molar-refractivity contribution is 5.98. The fraction of sp³-hybridized carbons (Fsp3) is 0.562. The molecule has 0 spiro atoms. The third kappa shape index (κ3) is 2.91. The first kappa shape index (κ1) is 15.1. The Balaban J connectivity index is 2.34. The van der Waals surface area contributed by atoms with Crippen LogP contribution in [0.25, 0.3) is 0 Å². The van der Waals surface area contributed by atoms with Crippen molar-refractivity contribution >= 4 is 5.78 Å². The van der Waals surface area contributed by atoms with Gasteiger partial charge in [0.2, 0.25) is 0 Å². The molecule has 1 aromatic carbocycles. The van der Waals surface area contributed by atoms with Crippen LogP contribution in [0.2, 0.25) is 0 Å². The van der Waals surface area contributed by atoms with E-state index in [9.17, 15) is 14.3 Å². The molecule has 0 bridgehead atoms. The summed E-state index contributed by atoms with van der Waals surface area (Å²) in [5.41, 5.74) is 1.09. The lowest BCUT2D eigenvalue weighted by Gasteiger charge is -2.32. The minimum atomic E-state index is -0.960. The largest absolute Gasteiger partial charge is 0.367 e. The SMILES string of the molecule is Cc1cc2c(cc1F)C(OC(O)C(C)(C)C)CCC2=O. The number of aryl methyl sites for hydroxylation is 1. The van der Waals surface area contributed by atoms with Gasteiger partial charge in [0.25, 0.3) is 0 Å². The minimum Gasteiger partial charge on any atom is -0.367 e. The molecule has 4 heteroatoms. The number of hydrogen-bond donors (Lipinski definition) is 1. The number of ketones is 1. The Hall–Kier alpha value is -1.26. The molecular formula is C16H21FO3. The van der Waals surface area contributed by atoms with E-state index >= 15 is 0 Å². The average Bonchev–Trinajstić information content (AvgIpc) is 2.34. The lowest BCUT2D eigenvalue weighted by atomic mass is 9.86. The van der Waals surface area contributed by atoms with E-state index in [0.717, 1.165) is 0 Å². The zero-order chi connectivity index (χ0) is 15.1. The molecule has 1 aliphatic carbocycles. The number of carbonyl (C=O) groups excluding carboxylic acids is 1. The number of fused-ring (bicyclic) bond motifs is 1. The summed E-state index contributed by atoms with van der Waals surface area (Å²) in [6.45, 7) is 7.23. The average molecular weight is 280 g/mol. The van der Waals surface area contributed by atoms with Crippen molar-refractivity contribution < 1.29 is 19.0 Å². The molecule has 110 valence electrons. The van der Waals surface area contributed by atoms with Gasteiger partial charge in [0.15, 0.2) is 12.1 Å². The molecule has 3 nitrogen and oxygen atoms in total. The fourth-order valence-corrected chi connectivity index (χ4v) is 2.26. The minimum absolute atomic E-state index is 0.00759. The van der Waals surface area contributed by atoms with Gasteiger partial charge < -0.3 is 9.84 Å². The van der Waals surface area contributed by atoms with Crippen molar-refractivity contribution in [3.8, 4) is 0 Å². The molecule has 0 fully saturated rings. The zero-order valence-electron chi connectivity index (χ0n) is 12.4. The van der Waals surface area contributed by atoms with Crippen LogP contribution in [0.15, 0.2) is 12.1 Å². The Bertz CT molecular complexity index is 531. The standard InChI is InChI=1S/C16H21FO3/c1-9-7-10-11(8-12(9)17)14(6-5-13(10)18)20-15(19)16(2,3)4/h7-8,14-15,19H,5-6H2,1-4H3. The van der Waals surface area contributed by atoms with Gasteiger partial charge in [0.05, 0.1) is 6.10 Å². The van der Waals surface area contributed by atoms with Crippen molar-refractivity contribution in [1.29, 1.82) is 0 Å². The second-order valence-electron chi connectivity index (χ2n) is 6.49. The van der Waals surface area contributed by atoms with Crippen LogP contribution < -0.4 is 0 Å². The number of benzene rings is 1. The Morgan fingerprint density at radius 2 is 2.05 bits per heavy atom. The summed E-state index contributed by atoms with van der Waals surface area (Å²) in [5.74, 6) is -0.342. The predicted molar refractivity (Wildman–Crippen MR) is 74.0 cm³/mol. The molecule has 0 radical (unpaired) electrons. The van der Waals surface area contributed by atoms with Crippen molar-refractivity contribution in [2.24, 2.45) is 5.41 Å². The number of carbonyl (C=O) groups is 1. The van der Waals surface area contributed by atoms with Crippen molar-refractivity contribution in [1.82, 2.24) is 0 Å². The summed E-state index contributed by atoms with van der Waals surface area (Å²) in [4.78, 5) is 11.9. The summed E-state index contributed by atoms with van der Waals surface area (Å²) in [6, 6.07) is 2.94. The lowest BCUT2D eigenvalue weighted by Crippen LogP contribution is -2.32. The molecule has 20 heavy (non-hydrogen) atoms. The summed E-state index contributed by atoms with van der Waals surface area (Å²) < 4.78 is 19.4. The summed E-state index contributed by atoms with van der Waals surface area (Å²) in [6.07, 6.45) is -0.564. The summed E-state index contributed by atoms with van der Waals surface area (Å²) >= 11 is 0. The van der Waals surface area contributed by atoms with Crippen molar-refractivity contribution in [3.05, 3.63) is 34.6 Å². The van der Waals surface area contributed by atoms with Crippen LogP contribution in [0.4, 0.5) is 4.39 Å². The van der Waals surface area contributed by atoms with Crippen LogP contribution in [-0.2, 0) is 4.74 Å². The highest BCUT2D eigenvalue weighted by atomic mass is 19.1. The maximum absolute atomic E-state index is 13.7. The first-order valence-corrected chi connectivity index (χ1v) is 6.87. The number of Topliss-reactive ketones (excluding diaryl/α,β-unsaturated/α-hetero) is 1. The van der Waals surface area contributed by atoms with Crippen molar-refractivity contribution in [2.75, 3.05) is 0 Å². The number of rotatable bonds is 2. The molecular weight excluding hydrogens is 259 g/mol. The van der Waals surface area contributed by atoms with E-state index in [2.05, 4.69) is 0 Å². The second kappa shape index (κ2) is 5.26. The van der Waals surface area contributed by atoms with Gasteiger partial charge in [-0.15, -0.1) is 0 Å². The Kier molecular flexibility index (Phi) is 3.98. The molecule has 1 aliphatic rings. The van der Waals surface area contributed by atoms with E-state index in [-0.39, 0.29) is 11.6 Å². The van der Waals surface area contributed by atoms with Crippen LogP contribution in [0.3, 0.4) is 0 Å². The Labute approximate surface area is 118 Å². The molecule has 0 amide bonds. The molecule has 1 N–H and O–H groups in total. The number of aliphatic hydroxyl groups is 1. The highest BCUT2D eigenvalue weighted by Gasteiger charge is 2.32. The van der Waals surface area contributed by atoms with Gasteiger partial charge in [-0.1, -0.05) is 20.8 Å². The topological polar surface area (TPSA) is 46.5 Å². The van der Waals surface area contributed by atoms with E-state index in [1.807, 2.05) is 20.8 Å². The maximum Gasteiger partial charge on any atom is 0.163 e. The van der Waals surface area contributed by atoms with E-state index in [4.69, 9.17) is 4.74 Å². The lowest BCUT2D eigenvalue weighted by molar-refractivity contribution is -0.191. The van der Waals surface area contributed by atoms with Gasteiger partial charge >= 0.3 is 0 Å². The van der Waals surface area contributed by atoms with E-state index < -0.39 is 17.8 Å². The van der Waals surface area contributed by atoms with Gasteiger partial charge in [-0.3, -0.25) is 4.79 Å². The number of halogens is 1. The smallest absolute Gasteiger partial charge is 0.163 e. The van der Waals surface area contributed by atoms with E-state index in [1.165, 1.54) is 6.07 Å².